The zero-order chi connectivity index (χ0) is 24.5. The van der Waals surface area contributed by atoms with Gasteiger partial charge in [-0.15, -0.1) is 0 Å². The second-order valence-corrected chi connectivity index (χ2v) is 7.62. The number of nitrogens with two attached hydrogens (primary N) is 1. The highest BCUT2D eigenvalue weighted by molar-refractivity contribution is 5.92. The first-order valence-corrected chi connectivity index (χ1v) is 10.6. The van der Waals surface area contributed by atoms with E-state index in [0.717, 1.165) is 0 Å². The number of nitrogens with zero attached hydrogens (tertiary/aromatic N) is 1. The summed E-state index contributed by atoms with van der Waals surface area (Å²) in [6.07, 6.45) is 1.43. The molecule has 0 aromatic heterocycles. The van der Waals surface area contributed by atoms with E-state index in [1.54, 1.807) is 13.8 Å². The van der Waals surface area contributed by atoms with Crippen molar-refractivity contribution in [2.45, 2.75) is 64.5 Å². The number of rotatable bonds is 17. The van der Waals surface area contributed by atoms with E-state index in [1.165, 1.54) is 0 Å². The molecule has 0 heterocycles. The zero-order valence-corrected chi connectivity index (χ0v) is 18.8. The lowest BCUT2D eigenvalue weighted by atomic mass is 10.0. The summed E-state index contributed by atoms with van der Waals surface area (Å²) in [5.41, 5.74) is 5.02. The average Bonchev–Trinajstić information content (AvgIpc) is 2.70. The molecule has 32 heavy (non-hydrogen) atoms. The minimum atomic E-state index is -0.971. The second kappa shape index (κ2) is 16.5. The Morgan fingerprint density at radius 1 is 0.938 bits per heavy atom. The fourth-order valence-corrected chi connectivity index (χ4v) is 2.75. The first-order chi connectivity index (χ1) is 15.1. The highest BCUT2D eigenvalue weighted by atomic mass is 16.4. The van der Waals surface area contributed by atoms with Gasteiger partial charge in [0.15, 0.2) is 0 Å². The molecule has 0 rings (SSSR count). The predicted octanol–water partition coefficient (Wildman–Crippen LogP) is -0.478. The molecule has 0 aliphatic carbocycles. The van der Waals surface area contributed by atoms with E-state index < -0.39 is 35.9 Å². The smallest absolute Gasteiger partial charge is 0.312 e. The Bertz CT molecular complexity index is 654. The first kappa shape index (κ1) is 28.8. The number of carboxylic acid groups (broad SMARTS) is 1. The van der Waals surface area contributed by atoms with Crippen molar-refractivity contribution in [3.63, 3.8) is 0 Å². The highest BCUT2D eigenvalue weighted by Crippen LogP contribution is 2.06. The molecule has 0 saturated carbocycles. The van der Waals surface area contributed by atoms with Crippen LogP contribution in [0.2, 0.25) is 0 Å². The van der Waals surface area contributed by atoms with Gasteiger partial charge in [0.2, 0.25) is 17.7 Å². The van der Waals surface area contributed by atoms with Gasteiger partial charge >= 0.3 is 12.0 Å². The van der Waals surface area contributed by atoms with Gasteiger partial charge in [-0.3, -0.25) is 19.2 Å². The molecule has 0 saturated heterocycles. The molecule has 12 nitrogen and oxygen atoms in total. The molecule has 0 aromatic carbocycles. The van der Waals surface area contributed by atoms with Crippen molar-refractivity contribution in [2.24, 2.45) is 16.6 Å². The average molecular weight is 457 g/mol. The van der Waals surface area contributed by atoms with Crippen LogP contribution in [0.3, 0.4) is 0 Å². The molecule has 0 unspecified atom stereocenters. The van der Waals surface area contributed by atoms with E-state index >= 15 is 0 Å². The van der Waals surface area contributed by atoms with Crippen LogP contribution in [0.15, 0.2) is 4.99 Å². The zero-order valence-electron chi connectivity index (χ0n) is 18.8. The molecule has 182 valence electrons. The minimum absolute atomic E-state index is 0.0946. The number of carbonyl (C=O) groups excluding carboxylic acids is 4. The van der Waals surface area contributed by atoms with Crippen LogP contribution in [0.25, 0.3) is 0 Å². The Labute approximate surface area is 188 Å². The van der Waals surface area contributed by atoms with Crippen molar-refractivity contribution >= 4 is 36.4 Å². The van der Waals surface area contributed by atoms with Crippen LogP contribution >= 0.6 is 0 Å². The first-order valence-electron chi connectivity index (χ1n) is 10.6. The van der Waals surface area contributed by atoms with Crippen LogP contribution in [0.5, 0.6) is 0 Å². The van der Waals surface area contributed by atoms with E-state index in [1.807, 2.05) is 0 Å². The van der Waals surface area contributed by atoms with Gasteiger partial charge in [-0.05, 0) is 38.3 Å². The molecular formula is C20H36N6O6. The van der Waals surface area contributed by atoms with E-state index in [-0.39, 0.29) is 50.6 Å². The van der Waals surface area contributed by atoms with Crippen LogP contribution in [0, 0.1) is 5.92 Å². The molecule has 0 fully saturated rings. The summed E-state index contributed by atoms with van der Waals surface area (Å²) < 4.78 is 0. The molecule has 12 heteroatoms. The van der Waals surface area contributed by atoms with Gasteiger partial charge in [0.05, 0.1) is 0 Å². The normalized spacial score (nSPS) is 12.3. The van der Waals surface area contributed by atoms with Gasteiger partial charge in [-0.2, -0.15) is 0 Å². The molecule has 2 atom stereocenters. The molecule has 0 radical (unpaired) electrons. The van der Waals surface area contributed by atoms with Crippen molar-refractivity contribution in [3.8, 4) is 0 Å². The topological polar surface area (TPSA) is 192 Å². The maximum absolute atomic E-state index is 12.8. The summed E-state index contributed by atoms with van der Waals surface area (Å²) in [4.78, 5) is 62.6. The number of carboxylic acids is 1. The van der Waals surface area contributed by atoms with Crippen molar-refractivity contribution in [2.75, 3.05) is 19.6 Å². The number of hydrogen-bond donors (Lipinski definition) is 6. The summed E-state index contributed by atoms with van der Waals surface area (Å²) in [6.45, 7) is 7.69. The Morgan fingerprint density at radius 2 is 1.59 bits per heavy atom. The maximum atomic E-state index is 12.8. The van der Waals surface area contributed by atoms with Gasteiger partial charge in [0, 0.05) is 32.5 Å². The van der Waals surface area contributed by atoms with Gasteiger partial charge in [0.1, 0.15) is 12.1 Å². The standard InChI is InChI=1S/C20H36N6O6/c1-13(2)17(26-15(27)8-5-10-22-3)19(31)25-14(7-4-12-24-20(21)32)18(30)23-11-6-9-16(28)29/h13-14,17H,3-12H2,1-2H3,(H,23,30)(H,25,31)(H,26,27)(H,28,29)(H3,21,24,32)/t14-,17+/m0/s1. The lowest BCUT2D eigenvalue weighted by Crippen LogP contribution is -2.55. The fourth-order valence-electron chi connectivity index (χ4n) is 2.75. The summed E-state index contributed by atoms with van der Waals surface area (Å²) in [5, 5.41) is 19.0. The highest BCUT2D eigenvalue weighted by Gasteiger charge is 2.28. The van der Waals surface area contributed by atoms with E-state index in [2.05, 4.69) is 33.0 Å². The molecule has 0 aliphatic heterocycles. The van der Waals surface area contributed by atoms with Gasteiger partial charge in [-0.25, -0.2) is 4.79 Å². The monoisotopic (exact) mass is 456 g/mol. The van der Waals surface area contributed by atoms with Crippen LogP contribution in [0.4, 0.5) is 4.79 Å². The predicted molar refractivity (Wildman–Crippen MR) is 119 cm³/mol. The third-order valence-electron chi connectivity index (χ3n) is 4.45. The lowest BCUT2D eigenvalue weighted by molar-refractivity contribution is -0.137. The molecule has 0 spiro atoms. The summed E-state index contributed by atoms with van der Waals surface area (Å²) >= 11 is 0. The van der Waals surface area contributed by atoms with E-state index in [9.17, 15) is 24.0 Å². The largest absolute Gasteiger partial charge is 0.481 e. The number of amides is 5. The van der Waals surface area contributed by atoms with Gasteiger partial charge < -0.3 is 37.1 Å². The number of urea groups is 1. The summed E-state index contributed by atoms with van der Waals surface area (Å²) in [5.74, 6) is -2.49. The number of primary amides is 1. The number of carbonyl (C=O) groups is 5. The summed E-state index contributed by atoms with van der Waals surface area (Å²) in [6, 6.07) is -2.46. The van der Waals surface area contributed by atoms with Crippen LogP contribution in [-0.4, -0.2) is 73.3 Å². The van der Waals surface area contributed by atoms with Crippen molar-refractivity contribution in [1.82, 2.24) is 21.3 Å². The third-order valence-corrected chi connectivity index (χ3v) is 4.45. The Morgan fingerprint density at radius 3 is 2.16 bits per heavy atom. The number of aliphatic carboxylic acids is 1. The Balaban J connectivity index is 5.02. The van der Waals surface area contributed by atoms with Crippen molar-refractivity contribution < 1.29 is 29.1 Å². The quantitative estimate of drug-likeness (QED) is 0.126. The lowest BCUT2D eigenvalue weighted by Gasteiger charge is -2.25. The summed E-state index contributed by atoms with van der Waals surface area (Å²) in [7, 11) is 0. The minimum Gasteiger partial charge on any atom is -0.481 e. The van der Waals surface area contributed by atoms with Crippen LogP contribution < -0.4 is 27.0 Å². The van der Waals surface area contributed by atoms with E-state index in [0.29, 0.717) is 19.4 Å². The van der Waals surface area contributed by atoms with Gasteiger partial charge in [-0.1, -0.05) is 13.8 Å². The van der Waals surface area contributed by atoms with Crippen molar-refractivity contribution in [3.05, 3.63) is 0 Å². The molecular weight excluding hydrogens is 420 g/mol. The van der Waals surface area contributed by atoms with Crippen LogP contribution in [0.1, 0.15) is 52.4 Å². The van der Waals surface area contributed by atoms with Crippen LogP contribution in [-0.2, 0) is 19.2 Å². The maximum Gasteiger partial charge on any atom is 0.312 e. The number of hydrogen-bond acceptors (Lipinski definition) is 6. The molecule has 0 bridgehead atoms. The van der Waals surface area contributed by atoms with Crippen molar-refractivity contribution in [1.29, 1.82) is 0 Å². The number of nitrogens with one attached hydrogen (secondary N) is 4. The Hall–Kier alpha value is -3.18. The SMILES string of the molecule is C=NCCCC(=O)N[C@@H](C(=O)N[C@@H](CCCNC(N)=O)C(=O)NCCCC(=O)O)C(C)C. The number of aliphatic imine (C=N–C) groups is 1. The fraction of sp³-hybridized carbons (Fsp3) is 0.700. The Kier molecular flexibility index (Phi) is 14.9. The molecule has 5 amide bonds. The second-order valence-electron chi connectivity index (χ2n) is 7.62. The van der Waals surface area contributed by atoms with Gasteiger partial charge in [0.25, 0.3) is 0 Å². The van der Waals surface area contributed by atoms with E-state index in [4.69, 9.17) is 10.8 Å². The molecule has 0 aliphatic rings. The third kappa shape index (κ3) is 13.9. The molecule has 7 N–H and O–H groups in total. The molecule has 0 aromatic rings.